The van der Waals surface area contributed by atoms with Gasteiger partial charge >= 0.3 is 0 Å². The van der Waals surface area contributed by atoms with Crippen molar-refractivity contribution >= 4 is 39.1 Å². The van der Waals surface area contributed by atoms with Gasteiger partial charge in [0.25, 0.3) is 0 Å². The summed E-state index contributed by atoms with van der Waals surface area (Å²) in [5.74, 6) is -1.28. The van der Waals surface area contributed by atoms with Crippen molar-refractivity contribution < 1.29 is 22.4 Å². The Morgan fingerprint density at radius 3 is 2.36 bits per heavy atom. The Morgan fingerprint density at radius 2 is 1.75 bits per heavy atom. The maximum absolute atomic E-state index is 13.6. The number of amides is 2. The summed E-state index contributed by atoms with van der Waals surface area (Å²) in [5, 5.41) is 3.41. The lowest BCUT2D eigenvalue weighted by molar-refractivity contribution is -0.139. The van der Waals surface area contributed by atoms with Crippen molar-refractivity contribution in [2.45, 2.75) is 64.6 Å². The first-order chi connectivity index (χ1) is 17.0. The third kappa shape index (κ3) is 7.20. The van der Waals surface area contributed by atoms with E-state index in [1.54, 1.807) is 32.0 Å². The standard InChI is InChI=1S/C26H33ClFN3O4S/c1-18-23(27)10-7-11-24(18)31(36(3,34)35)17-25(32)30(16-20-12-14-21(28)15-13-20)19(2)26(33)29-22-8-5-4-6-9-22/h7,10-15,19,22H,4-6,8-9,16-17H2,1-3H3,(H,29,33)/t19-/m1/s1. The fourth-order valence-corrected chi connectivity index (χ4v) is 5.47. The van der Waals surface area contributed by atoms with E-state index in [2.05, 4.69) is 5.32 Å². The minimum Gasteiger partial charge on any atom is -0.352 e. The van der Waals surface area contributed by atoms with Gasteiger partial charge in [0.2, 0.25) is 21.8 Å². The predicted octanol–water partition coefficient (Wildman–Crippen LogP) is 4.42. The van der Waals surface area contributed by atoms with Gasteiger partial charge in [0.1, 0.15) is 18.4 Å². The maximum atomic E-state index is 13.6. The number of halogens is 2. The number of nitrogens with one attached hydrogen (secondary N) is 1. The van der Waals surface area contributed by atoms with Crippen LogP contribution in [0.3, 0.4) is 0 Å². The molecule has 0 aromatic heterocycles. The Kier molecular flexibility index (Phi) is 9.35. The Morgan fingerprint density at radius 1 is 1.11 bits per heavy atom. The van der Waals surface area contributed by atoms with E-state index < -0.39 is 34.3 Å². The van der Waals surface area contributed by atoms with Gasteiger partial charge in [-0.1, -0.05) is 49.1 Å². The molecule has 0 heterocycles. The monoisotopic (exact) mass is 537 g/mol. The van der Waals surface area contributed by atoms with Crippen molar-refractivity contribution in [1.82, 2.24) is 10.2 Å². The number of carbonyl (C=O) groups is 2. The summed E-state index contributed by atoms with van der Waals surface area (Å²) < 4.78 is 39.9. The van der Waals surface area contributed by atoms with Gasteiger partial charge < -0.3 is 10.2 Å². The molecule has 0 bridgehead atoms. The molecule has 3 rings (SSSR count). The molecule has 0 unspecified atom stereocenters. The fourth-order valence-electron chi connectivity index (χ4n) is 4.40. The third-order valence-corrected chi connectivity index (χ3v) is 8.11. The molecule has 196 valence electrons. The number of anilines is 1. The first-order valence-corrected chi connectivity index (χ1v) is 14.3. The Hall–Kier alpha value is -2.65. The van der Waals surface area contributed by atoms with Crippen molar-refractivity contribution in [2.24, 2.45) is 0 Å². The molecule has 2 aromatic rings. The van der Waals surface area contributed by atoms with Gasteiger partial charge in [-0.2, -0.15) is 0 Å². The second-order valence-corrected chi connectivity index (χ2v) is 11.6. The quantitative estimate of drug-likeness (QED) is 0.513. The van der Waals surface area contributed by atoms with Gasteiger partial charge in [0, 0.05) is 17.6 Å². The van der Waals surface area contributed by atoms with Crippen LogP contribution < -0.4 is 9.62 Å². The Bertz CT molecular complexity index is 1180. The third-order valence-electron chi connectivity index (χ3n) is 6.57. The molecule has 36 heavy (non-hydrogen) atoms. The van der Waals surface area contributed by atoms with Crippen molar-refractivity contribution in [2.75, 3.05) is 17.1 Å². The lowest BCUT2D eigenvalue weighted by Crippen LogP contribution is -2.53. The largest absolute Gasteiger partial charge is 0.352 e. The van der Waals surface area contributed by atoms with E-state index in [1.165, 1.54) is 29.2 Å². The molecular formula is C26H33ClFN3O4S. The zero-order valence-corrected chi connectivity index (χ0v) is 22.4. The highest BCUT2D eigenvalue weighted by atomic mass is 35.5. The van der Waals surface area contributed by atoms with Crippen LogP contribution in [0.5, 0.6) is 0 Å². The highest BCUT2D eigenvalue weighted by molar-refractivity contribution is 7.92. The highest BCUT2D eigenvalue weighted by Crippen LogP contribution is 2.28. The molecule has 1 atom stereocenters. The van der Waals surface area contributed by atoms with Crippen molar-refractivity contribution in [3.63, 3.8) is 0 Å². The molecule has 0 saturated heterocycles. The Labute approximate surface area is 217 Å². The Balaban J connectivity index is 1.89. The molecule has 2 amide bonds. The zero-order chi connectivity index (χ0) is 26.5. The van der Waals surface area contributed by atoms with E-state index in [0.717, 1.165) is 42.7 Å². The van der Waals surface area contributed by atoms with Crippen LogP contribution >= 0.6 is 11.6 Å². The molecule has 1 fully saturated rings. The first-order valence-electron chi connectivity index (χ1n) is 12.0. The molecule has 0 radical (unpaired) electrons. The molecule has 1 aliphatic rings. The van der Waals surface area contributed by atoms with Crippen molar-refractivity contribution in [1.29, 1.82) is 0 Å². The van der Waals surface area contributed by atoms with Crippen molar-refractivity contribution in [3.05, 3.63) is 64.4 Å². The van der Waals surface area contributed by atoms with E-state index >= 15 is 0 Å². The summed E-state index contributed by atoms with van der Waals surface area (Å²) in [6, 6.07) is 9.66. The molecule has 10 heteroatoms. The van der Waals surface area contributed by atoms with Gasteiger partial charge in [-0.3, -0.25) is 13.9 Å². The minimum atomic E-state index is -3.86. The first kappa shape index (κ1) is 27.9. The molecular weight excluding hydrogens is 505 g/mol. The summed E-state index contributed by atoms with van der Waals surface area (Å²) in [4.78, 5) is 28.1. The lowest BCUT2D eigenvalue weighted by Gasteiger charge is -2.33. The second kappa shape index (κ2) is 12.1. The van der Waals surface area contributed by atoms with E-state index in [-0.39, 0.29) is 18.5 Å². The minimum absolute atomic E-state index is 0.0183. The van der Waals surface area contributed by atoms with Crippen LogP contribution in [0.25, 0.3) is 0 Å². The number of carbonyl (C=O) groups excluding carboxylic acids is 2. The molecule has 1 saturated carbocycles. The van der Waals surface area contributed by atoms with Gasteiger partial charge in [-0.25, -0.2) is 12.8 Å². The molecule has 2 aromatic carbocycles. The molecule has 0 spiro atoms. The predicted molar refractivity (Wildman–Crippen MR) is 140 cm³/mol. The number of sulfonamides is 1. The number of rotatable bonds is 9. The average Bonchev–Trinajstić information content (AvgIpc) is 2.83. The zero-order valence-electron chi connectivity index (χ0n) is 20.8. The van der Waals surface area contributed by atoms with Crippen LogP contribution in [0.1, 0.15) is 50.2 Å². The van der Waals surface area contributed by atoms with E-state index in [0.29, 0.717) is 21.8 Å². The van der Waals surface area contributed by atoms with Crippen LogP contribution in [0.4, 0.5) is 10.1 Å². The molecule has 1 aliphatic carbocycles. The summed E-state index contributed by atoms with van der Waals surface area (Å²) >= 11 is 6.21. The van der Waals surface area contributed by atoms with Crippen LogP contribution in [-0.2, 0) is 26.2 Å². The summed E-state index contributed by atoms with van der Waals surface area (Å²) in [7, 11) is -3.86. The van der Waals surface area contributed by atoms with E-state index in [4.69, 9.17) is 11.6 Å². The van der Waals surface area contributed by atoms with Crippen molar-refractivity contribution in [3.8, 4) is 0 Å². The topological polar surface area (TPSA) is 86.8 Å². The van der Waals surface area contributed by atoms with E-state index in [1.807, 2.05) is 0 Å². The van der Waals surface area contributed by atoms with Gasteiger partial charge in [0.15, 0.2) is 0 Å². The van der Waals surface area contributed by atoms with Crippen LogP contribution in [-0.4, -0.2) is 50.0 Å². The number of nitrogens with zero attached hydrogens (tertiary/aromatic N) is 2. The maximum Gasteiger partial charge on any atom is 0.244 e. The number of benzene rings is 2. The number of hydrogen-bond acceptors (Lipinski definition) is 4. The average molecular weight is 538 g/mol. The molecule has 1 N–H and O–H groups in total. The summed E-state index contributed by atoms with van der Waals surface area (Å²) in [6.07, 6.45) is 6.02. The molecule has 0 aliphatic heterocycles. The highest BCUT2D eigenvalue weighted by Gasteiger charge is 2.31. The lowest BCUT2D eigenvalue weighted by atomic mass is 9.95. The van der Waals surface area contributed by atoms with Crippen LogP contribution in [0.15, 0.2) is 42.5 Å². The van der Waals surface area contributed by atoms with Gasteiger partial charge in [-0.15, -0.1) is 0 Å². The van der Waals surface area contributed by atoms with E-state index in [9.17, 15) is 22.4 Å². The summed E-state index contributed by atoms with van der Waals surface area (Å²) in [5.41, 5.74) is 1.43. The normalized spacial score (nSPS) is 15.2. The fraction of sp³-hybridized carbons (Fsp3) is 0.462. The smallest absolute Gasteiger partial charge is 0.244 e. The van der Waals surface area contributed by atoms with Crippen LogP contribution in [0, 0.1) is 12.7 Å². The number of hydrogen-bond donors (Lipinski definition) is 1. The van der Waals surface area contributed by atoms with Crippen LogP contribution in [0.2, 0.25) is 5.02 Å². The summed E-state index contributed by atoms with van der Waals surface area (Å²) in [6.45, 7) is 2.80. The SMILES string of the molecule is Cc1c(Cl)cccc1N(CC(=O)N(Cc1ccc(F)cc1)[C@H](C)C(=O)NC1CCCCC1)S(C)(=O)=O. The van der Waals surface area contributed by atoms with Gasteiger partial charge in [0.05, 0.1) is 11.9 Å². The van der Waals surface area contributed by atoms with Gasteiger partial charge in [-0.05, 0) is 62.1 Å². The molecule has 7 nitrogen and oxygen atoms in total. The second-order valence-electron chi connectivity index (χ2n) is 9.32.